The van der Waals surface area contributed by atoms with Crippen molar-refractivity contribution >= 4 is 23.4 Å². The second-order valence-corrected chi connectivity index (χ2v) is 4.80. The Kier molecular flexibility index (Phi) is 4.84. The molecule has 5 heteroatoms. The van der Waals surface area contributed by atoms with Crippen molar-refractivity contribution in [1.29, 1.82) is 0 Å². The molecule has 1 aromatic rings. The first-order valence-electron chi connectivity index (χ1n) is 6.15. The molecule has 1 fully saturated rings. The van der Waals surface area contributed by atoms with Crippen LogP contribution in [0.15, 0.2) is 24.3 Å². The van der Waals surface area contributed by atoms with Crippen LogP contribution in [-0.4, -0.2) is 25.8 Å². The molecule has 1 heterocycles. The number of benzene rings is 1. The molecule has 0 radical (unpaired) electrons. The third-order valence-electron chi connectivity index (χ3n) is 3.03. The topological polar surface area (TPSA) is 50.4 Å². The Labute approximate surface area is 112 Å². The minimum absolute atomic E-state index is 0.447. The van der Waals surface area contributed by atoms with Gasteiger partial charge in [0.15, 0.2) is 0 Å². The third-order valence-corrected chi connectivity index (χ3v) is 3.36. The van der Waals surface area contributed by atoms with Gasteiger partial charge in [-0.2, -0.15) is 0 Å². The number of halogens is 1. The smallest absolute Gasteiger partial charge is 0.411 e. The highest BCUT2D eigenvalue weighted by molar-refractivity contribution is 6.33. The largest absolute Gasteiger partial charge is 0.449 e. The molecule has 2 N–H and O–H groups in total. The summed E-state index contributed by atoms with van der Waals surface area (Å²) in [5.41, 5.74) is 0.576. The predicted octanol–water partition coefficient (Wildman–Crippen LogP) is 2.89. The van der Waals surface area contributed by atoms with Crippen LogP contribution in [0, 0.1) is 5.92 Å². The fourth-order valence-electron chi connectivity index (χ4n) is 1.99. The third kappa shape index (κ3) is 3.89. The summed E-state index contributed by atoms with van der Waals surface area (Å²) in [7, 11) is 0. The lowest BCUT2D eigenvalue weighted by Gasteiger charge is -2.10. The molecule has 0 spiro atoms. The first-order chi connectivity index (χ1) is 8.75. The zero-order valence-electron chi connectivity index (χ0n) is 10.1. The predicted molar refractivity (Wildman–Crippen MR) is 72.0 cm³/mol. The first kappa shape index (κ1) is 13.2. The summed E-state index contributed by atoms with van der Waals surface area (Å²) in [5.74, 6) is 0.623. The molecule has 1 aromatic carbocycles. The molecule has 98 valence electrons. The fourth-order valence-corrected chi connectivity index (χ4v) is 2.17. The van der Waals surface area contributed by atoms with Crippen LogP contribution in [0.25, 0.3) is 0 Å². The Morgan fingerprint density at radius 1 is 1.50 bits per heavy atom. The molecular formula is C13H17ClN2O2. The van der Waals surface area contributed by atoms with Gasteiger partial charge in [0.25, 0.3) is 0 Å². The molecule has 1 unspecified atom stereocenters. The number of rotatable bonds is 4. The normalized spacial score (nSPS) is 18.6. The van der Waals surface area contributed by atoms with Crippen molar-refractivity contribution in [1.82, 2.24) is 5.32 Å². The van der Waals surface area contributed by atoms with Gasteiger partial charge in [-0.05, 0) is 44.0 Å². The highest BCUT2D eigenvalue weighted by atomic mass is 35.5. The standard InChI is InChI=1S/C13H17ClN2O2/c14-11-3-1-2-4-12(11)16-13(17)18-8-6-10-5-7-15-9-10/h1-4,10,15H,5-9H2,(H,16,17). The highest BCUT2D eigenvalue weighted by Gasteiger charge is 2.14. The van der Waals surface area contributed by atoms with E-state index in [1.165, 1.54) is 0 Å². The number of para-hydroxylation sites is 1. The lowest BCUT2D eigenvalue weighted by Crippen LogP contribution is -2.17. The summed E-state index contributed by atoms with van der Waals surface area (Å²) >= 11 is 5.93. The summed E-state index contributed by atoms with van der Waals surface area (Å²) in [6, 6.07) is 7.09. The van der Waals surface area contributed by atoms with E-state index in [1.807, 2.05) is 12.1 Å². The van der Waals surface area contributed by atoms with Gasteiger partial charge < -0.3 is 10.1 Å². The van der Waals surface area contributed by atoms with Crippen LogP contribution < -0.4 is 10.6 Å². The van der Waals surface area contributed by atoms with E-state index in [0.717, 1.165) is 25.9 Å². The maximum atomic E-state index is 11.5. The van der Waals surface area contributed by atoms with Crippen LogP contribution >= 0.6 is 11.6 Å². The second-order valence-electron chi connectivity index (χ2n) is 4.39. The van der Waals surface area contributed by atoms with Gasteiger partial charge in [0, 0.05) is 0 Å². The van der Waals surface area contributed by atoms with E-state index in [-0.39, 0.29) is 0 Å². The lowest BCUT2D eigenvalue weighted by atomic mass is 10.1. The Morgan fingerprint density at radius 2 is 2.33 bits per heavy atom. The maximum absolute atomic E-state index is 11.5. The Balaban J connectivity index is 1.70. The summed E-state index contributed by atoms with van der Waals surface area (Å²) in [5, 5.41) is 6.42. The van der Waals surface area contributed by atoms with Gasteiger partial charge in [-0.25, -0.2) is 4.79 Å². The molecule has 0 aliphatic carbocycles. The Hall–Kier alpha value is -1.26. The molecule has 1 aliphatic rings. The molecule has 2 rings (SSSR count). The number of amides is 1. The number of hydrogen-bond acceptors (Lipinski definition) is 3. The van der Waals surface area contributed by atoms with Crippen LogP contribution in [0.2, 0.25) is 5.02 Å². The SMILES string of the molecule is O=C(Nc1ccccc1Cl)OCCC1CCNC1. The molecule has 1 amide bonds. The zero-order chi connectivity index (χ0) is 12.8. The Bertz CT molecular complexity index is 406. The Morgan fingerprint density at radius 3 is 3.06 bits per heavy atom. The molecule has 1 aliphatic heterocycles. The van der Waals surface area contributed by atoms with E-state index in [0.29, 0.717) is 23.2 Å². The van der Waals surface area contributed by atoms with Gasteiger partial charge in [0.05, 0.1) is 17.3 Å². The van der Waals surface area contributed by atoms with E-state index < -0.39 is 6.09 Å². The number of anilines is 1. The molecule has 0 aromatic heterocycles. The van der Waals surface area contributed by atoms with Gasteiger partial charge in [-0.15, -0.1) is 0 Å². The van der Waals surface area contributed by atoms with Crippen LogP contribution in [0.5, 0.6) is 0 Å². The summed E-state index contributed by atoms with van der Waals surface area (Å²) in [6.07, 6.45) is 1.62. The lowest BCUT2D eigenvalue weighted by molar-refractivity contribution is 0.154. The maximum Gasteiger partial charge on any atom is 0.411 e. The van der Waals surface area contributed by atoms with E-state index >= 15 is 0 Å². The van der Waals surface area contributed by atoms with Crippen molar-refractivity contribution in [2.24, 2.45) is 5.92 Å². The summed E-state index contributed by atoms with van der Waals surface area (Å²) < 4.78 is 5.13. The van der Waals surface area contributed by atoms with E-state index in [4.69, 9.17) is 16.3 Å². The molecule has 1 atom stereocenters. The van der Waals surface area contributed by atoms with Crippen molar-refractivity contribution in [2.75, 3.05) is 25.0 Å². The second kappa shape index (κ2) is 6.61. The van der Waals surface area contributed by atoms with Gasteiger partial charge in [0.1, 0.15) is 0 Å². The van der Waals surface area contributed by atoms with E-state index in [1.54, 1.807) is 12.1 Å². The van der Waals surface area contributed by atoms with E-state index in [2.05, 4.69) is 10.6 Å². The minimum atomic E-state index is -0.450. The van der Waals surface area contributed by atoms with Gasteiger partial charge in [-0.1, -0.05) is 23.7 Å². The first-order valence-corrected chi connectivity index (χ1v) is 6.52. The highest BCUT2D eigenvalue weighted by Crippen LogP contribution is 2.20. The van der Waals surface area contributed by atoms with E-state index in [9.17, 15) is 4.79 Å². The number of ether oxygens (including phenoxy) is 1. The van der Waals surface area contributed by atoms with Crippen molar-refractivity contribution in [3.05, 3.63) is 29.3 Å². The molecule has 4 nitrogen and oxygen atoms in total. The molecule has 0 bridgehead atoms. The zero-order valence-corrected chi connectivity index (χ0v) is 10.9. The number of carbonyl (C=O) groups excluding carboxylic acids is 1. The minimum Gasteiger partial charge on any atom is -0.449 e. The van der Waals surface area contributed by atoms with Crippen molar-refractivity contribution in [3.8, 4) is 0 Å². The molecular weight excluding hydrogens is 252 g/mol. The molecule has 1 saturated heterocycles. The summed E-state index contributed by atoms with van der Waals surface area (Å²) in [4.78, 5) is 11.5. The van der Waals surface area contributed by atoms with Crippen LogP contribution in [0.3, 0.4) is 0 Å². The van der Waals surface area contributed by atoms with Crippen LogP contribution in [0.4, 0.5) is 10.5 Å². The number of carbonyl (C=O) groups is 1. The van der Waals surface area contributed by atoms with Gasteiger partial charge in [0.2, 0.25) is 0 Å². The summed E-state index contributed by atoms with van der Waals surface area (Å²) in [6.45, 7) is 2.54. The molecule has 0 saturated carbocycles. The monoisotopic (exact) mass is 268 g/mol. The van der Waals surface area contributed by atoms with Crippen molar-refractivity contribution < 1.29 is 9.53 Å². The van der Waals surface area contributed by atoms with Gasteiger partial charge >= 0.3 is 6.09 Å². The average Bonchev–Trinajstić information content (AvgIpc) is 2.85. The fraction of sp³-hybridized carbons (Fsp3) is 0.462. The van der Waals surface area contributed by atoms with Crippen molar-refractivity contribution in [2.45, 2.75) is 12.8 Å². The van der Waals surface area contributed by atoms with Crippen LogP contribution in [-0.2, 0) is 4.74 Å². The van der Waals surface area contributed by atoms with Crippen molar-refractivity contribution in [3.63, 3.8) is 0 Å². The average molecular weight is 269 g/mol. The van der Waals surface area contributed by atoms with Gasteiger partial charge in [-0.3, -0.25) is 5.32 Å². The van der Waals surface area contributed by atoms with Crippen LogP contribution in [0.1, 0.15) is 12.8 Å². The number of nitrogens with one attached hydrogen (secondary N) is 2. The quantitative estimate of drug-likeness (QED) is 0.883. The number of hydrogen-bond donors (Lipinski definition) is 2. The molecule has 18 heavy (non-hydrogen) atoms.